The number of aromatic nitrogens is 5. The van der Waals surface area contributed by atoms with Gasteiger partial charge in [0.25, 0.3) is 0 Å². The van der Waals surface area contributed by atoms with Crippen molar-refractivity contribution < 1.29 is 9.53 Å². The number of likely N-dealkylation sites (tertiary alicyclic amines) is 1. The number of piperidine rings is 1. The Morgan fingerprint density at radius 3 is 2.53 bits per heavy atom. The van der Waals surface area contributed by atoms with Crippen LogP contribution in [-0.2, 0) is 11.8 Å². The highest BCUT2D eigenvalue weighted by Gasteiger charge is 2.37. The lowest BCUT2D eigenvalue weighted by molar-refractivity contribution is -0.128. The van der Waals surface area contributed by atoms with Crippen LogP contribution in [0.3, 0.4) is 0 Å². The monoisotopic (exact) mass is 459 g/mol. The van der Waals surface area contributed by atoms with E-state index in [0.29, 0.717) is 17.4 Å². The molecule has 1 saturated heterocycles. The Balaban J connectivity index is 1.53. The first-order chi connectivity index (χ1) is 16.5. The summed E-state index contributed by atoms with van der Waals surface area (Å²) in [5, 5.41) is 0.766. The van der Waals surface area contributed by atoms with E-state index < -0.39 is 0 Å². The average Bonchev–Trinajstić information content (AvgIpc) is 3.18. The number of amides is 1. The number of nitrogens with zero attached hydrogens (tertiary/aromatic N) is 6. The second kappa shape index (κ2) is 8.55. The van der Waals surface area contributed by atoms with Gasteiger partial charge in [0.15, 0.2) is 11.6 Å². The van der Waals surface area contributed by atoms with Crippen molar-refractivity contribution in [3.63, 3.8) is 0 Å². The lowest BCUT2D eigenvalue weighted by atomic mass is 9.68. The van der Waals surface area contributed by atoms with Gasteiger partial charge in [0, 0.05) is 20.1 Å². The van der Waals surface area contributed by atoms with Gasteiger partial charge in [-0.1, -0.05) is 12.7 Å². The fourth-order valence-corrected chi connectivity index (χ4v) is 5.36. The number of ether oxygens (including phenoxy) is 1. The third-order valence-electron chi connectivity index (χ3n) is 7.40. The molecule has 34 heavy (non-hydrogen) atoms. The summed E-state index contributed by atoms with van der Waals surface area (Å²) in [6.07, 6.45) is 13.6. The van der Waals surface area contributed by atoms with Crippen LogP contribution < -0.4 is 10.5 Å². The van der Waals surface area contributed by atoms with Gasteiger partial charge in [0.05, 0.1) is 36.1 Å². The molecule has 1 aliphatic heterocycles. The predicted molar refractivity (Wildman–Crippen MR) is 131 cm³/mol. The zero-order valence-electron chi connectivity index (χ0n) is 19.6. The molecule has 3 aromatic heterocycles. The molecule has 0 radical (unpaired) electrons. The second-order valence-electron chi connectivity index (χ2n) is 9.15. The van der Waals surface area contributed by atoms with Crippen molar-refractivity contribution in [1.82, 2.24) is 29.4 Å². The maximum Gasteiger partial charge on any atom is 0.245 e. The molecule has 0 saturated carbocycles. The number of methoxy groups -OCH3 is 1. The van der Waals surface area contributed by atoms with Gasteiger partial charge in [-0.3, -0.25) is 4.79 Å². The van der Waals surface area contributed by atoms with Gasteiger partial charge in [0.2, 0.25) is 5.91 Å². The molecule has 9 nitrogen and oxygen atoms in total. The molecule has 0 unspecified atom stereocenters. The number of nitrogens with two attached hydrogens (primary N) is 1. The summed E-state index contributed by atoms with van der Waals surface area (Å²) >= 11 is 0. The van der Waals surface area contributed by atoms with Gasteiger partial charge in [-0.15, -0.1) is 0 Å². The van der Waals surface area contributed by atoms with E-state index in [0.717, 1.165) is 67.5 Å². The molecule has 1 fully saturated rings. The Labute approximate surface area is 198 Å². The number of aryl methyl sites for hydroxylation is 1. The van der Waals surface area contributed by atoms with Crippen LogP contribution in [0.2, 0.25) is 0 Å². The van der Waals surface area contributed by atoms with Gasteiger partial charge in [-0.05, 0) is 49.2 Å². The van der Waals surface area contributed by atoms with E-state index in [-0.39, 0.29) is 11.3 Å². The summed E-state index contributed by atoms with van der Waals surface area (Å²) in [4.78, 5) is 31.8. The van der Waals surface area contributed by atoms with Gasteiger partial charge in [-0.25, -0.2) is 19.9 Å². The maximum atomic E-state index is 12.0. The summed E-state index contributed by atoms with van der Waals surface area (Å²) in [5.41, 5.74) is 10.4. The Bertz CT molecular complexity index is 1280. The van der Waals surface area contributed by atoms with Crippen LogP contribution in [0, 0.1) is 5.41 Å². The third-order valence-corrected chi connectivity index (χ3v) is 7.40. The average molecular weight is 460 g/mol. The fourth-order valence-electron chi connectivity index (χ4n) is 5.36. The van der Waals surface area contributed by atoms with Crippen molar-refractivity contribution in [1.29, 1.82) is 0 Å². The van der Waals surface area contributed by atoms with E-state index in [2.05, 4.69) is 37.2 Å². The second-order valence-corrected chi connectivity index (χ2v) is 9.15. The van der Waals surface area contributed by atoms with E-state index in [4.69, 9.17) is 10.5 Å². The van der Waals surface area contributed by atoms with Crippen LogP contribution in [0.5, 0.6) is 5.75 Å². The number of carbonyl (C=O) groups excluding carboxylic acids is 1. The fraction of sp³-hybridized carbons (Fsp3) is 0.400. The molecule has 176 valence electrons. The van der Waals surface area contributed by atoms with E-state index in [1.54, 1.807) is 19.5 Å². The zero-order valence-corrected chi connectivity index (χ0v) is 19.6. The molecule has 2 aliphatic rings. The van der Waals surface area contributed by atoms with Crippen molar-refractivity contribution in [2.75, 3.05) is 25.9 Å². The molecule has 2 N–H and O–H groups in total. The molecule has 9 heteroatoms. The van der Waals surface area contributed by atoms with Crippen LogP contribution in [0.1, 0.15) is 37.8 Å². The van der Waals surface area contributed by atoms with E-state index in [9.17, 15) is 4.79 Å². The molecular weight excluding hydrogens is 430 g/mol. The molecular formula is C25H29N7O2. The van der Waals surface area contributed by atoms with Crippen LogP contribution in [0.4, 0.5) is 5.82 Å². The Kier molecular flexibility index (Phi) is 5.55. The molecule has 0 bridgehead atoms. The summed E-state index contributed by atoms with van der Waals surface area (Å²) in [5.74, 6) is 1.60. The number of hydrogen-bond acceptors (Lipinski definition) is 7. The Morgan fingerprint density at radius 1 is 1.18 bits per heavy atom. The van der Waals surface area contributed by atoms with Crippen LogP contribution in [0.15, 0.2) is 37.5 Å². The van der Waals surface area contributed by atoms with Gasteiger partial charge < -0.3 is 19.9 Å². The highest BCUT2D eigenvalue weighted by Crippen LogP contribution is 2.48. The molecule has 4 heterocycles. The molecule has 3 aromatic rings. The van der Waals surface area contributed by atoms with Crippen molar-refractivity contribution in [2.24, 2.45) is 12.5 Å². The highest BCUT2D eigenvalue weighted by atomic mass is 16.5. The molecule has 1 aliphatic carbocycles. The van der Waals surface area contributed by atoms with E-state index in [1.165, 1.54) is 18.0 Å². The van der Waals surface area contributed by atoms with Gasteiger partial charge >= 0.3 is 0 Å². The minimum atomic E-state index is 0.0280. The van der Waals surface area contributed by atoms with E-state index >= 15 is 0 Å². The normalized spacial score (nSPS) is 17.6. The summed E-state index contributed by atoms with van der Waals surface area (Å²) in [6.45, 7) is 5.20. The lowest BCUT2D eigenvalue weighted by Crippen LogP contribution is -2.43. The maximum absolute atomic E-state index is 12.0. The number of hydrogen-bond donors (Lipinski definition) is 1. The summed E-state index contributed by atoms with van der Waals surface area (Å²) in [7, 11) is 3.59. The standard InChI is InChI=1S/C25H29N7O2/c1-4-18(33)32-11-9-25(10-12-32)7-5-16(6-8-25)21-19(23-27-13-17(34-3)14-28-23)20-22(26)29-15-30-24(20)31(21)2/h4-5,13-15H,1,6-12H2,2-3H3,(H2,26,29,30). The Hall–Kier alpha value is -3.75. The first-order valence-corrected chi connectivity index (χ1v) is 11.5. The first-order valence-electron chi connectivity index (χ1n) is 11.5. The first kappa shape index (κ1) is 22.1. The van der Waals surface area contributed by atoms with Gasteiger partial charge in [0.1, 0.15) is 17.8 Å². The highest BCUT2D eigenvalue weighted by molar-refractivity contribution is 6.04. The van der Waals surface area contributed by atoms with Crippen LogP contribution in [0.25, 0.3) is 28.0 Å². The molecule has 5 rings (SSSR count). The number of carbonyl (C=O) groups is 1. The summed E-state index contributed by atoms with van der Waals surface area (Å²) < 4.78 is 7.32. The van der Waals surface area contributed by atoms with Crippen LogP contribution >= 0.6 is 0 Å². The Morgan fingerprint density at radius 2 is 1.91 bits per heavy atom. The SMILES string of the molecule is C=CC(=O)N1CCC2(CC=C(c3c(-c4ncc(OC)cn4)c4c(N)ncnc4n3C)CC2)CC1. The molecule has 0 aromatic carbocycles. The predicted octanol–water partition coefficient (Wildman–Crippen LogP) is 3.38. The minimum Gasteiger partial charge on any atom is -0.494 e. The van der Waals surface area contributed by atoms with Crippen molar-refractivity contribution in [3.05, 3.63) is 43.1 Å². The molecule has 1 spiro atoms. The van der Waals surface area contributed by atoms with Gasteiger partial charge in [-0.2, -0.15) is 0 Å². The number of fused-ring (bicyclic) bond motifs is 1. The zero-order chi connectivity index (χ0) is 23.9. The van der Waals surface area contributed by atoms with Crippen molar-refractivity contribution >= 4 is 28.3 Å². The topological polar surface area (TPSA) is 112 Å². The number of anilines is 1. The molecule has 0 atom stereocenters. The smallest absolute Gasteiger partial charge is 0.245 e. The quantitative estimate of drug-likeness (QED) is 0.595. The molecule has 1 amide bonds. The number of allylic oxidation sites excluding steroid dienone is 2. The minimum absolute atomic E-state index is 0.0280. The largest absolute Gasteiger partial charge is 0.494 e. The third kappa shape index (κ3) is 3.61. The summed E-state index contributed by atoms with van der Waals surface area (Å²) in [6, 6.07) is 0. The van der Waals surface area contributed by atoms with Crippen molar-refractivity contribution in [3.8, 4) is 17.1 Å². The lowest BCUT2D eigenvalue weighted by Gasteiger charge is -2.43. The van der Waals surface area contributed by atoms with E-state index in [1.807, 2.05) is 11.9 Å². The van der Waals surface area contributed by atoms with Crippen molar-refractivity contribution in [2.45, 2.75) is 32.1 Å². The number of nitrogen functional groups attached to an aromatic ring is 1. The number of rotatable bonds is 4. The van der Waals surface area contributed by atoms with Crippen LogP contribution in [-0.4, -0.2) is 55.5 Å².